The van der Waals surface area contributed by atoms with Gasteiger partial charge in [0.25, 0.3) is 0 Å². The normalized spacial score (nSPS) is 15.6. The molecule has 1 atom stereocenters. The lowest BCUT2D eigenvalue weighted by atomic mass is 9.87. The quantitative estimate of drug-likeness (QED) is 0.637. The number of ether oxygens (including phenoxy) is 1. The number of ketones is 1. The van der Waals surface area contributed by atoms with Crippen molar-refractivity contribution in [3.8, 4) is 5.75 Å². The number of rotatable bonds is 5. The van der Waals surface area contributed by atoms with Gasteiger partial charge in [0.2, 0.25) is 5.95 Å². The standard InChI is InChI=1S/C23H24N4O2/c1-14-4-6-17(7-5-14)25-23-26-19-12-15(2)13-20(28)21(19)22(27-23)24-16-8-10-18(29-3)11-9-16/h4-11,15H,12-13H2,1-3H3,(H2,24,25,26,27). The summed E-state index contributed by atoms with van der Waals surface area (Å²) in [6, 6.07) is 15.6. The zero-order chi connectivity index (χ0) is 20.4. The van der Waals surface area contributed by atoms with Crippen LogP contribution in [0.15, 0.2) is 48.5 Å². The van der Waals surface area contributed by atoms with Gasteiger partial charge in [-0.05, 0) is 55.7 Å². The van der Waals surface area contributed by atoms with Crippen LogP contribution < -0.4 is 15.4 Å². The molecule has 1 unspecified atom stereocenters. The van der Waals surface area contributed by atoms with Crippen molar-refractivity contribution in [3.63, 3.8) is 0 Å². The van der Waals surface area contributed by atoms with Gasteiger partial charge in [-0.3, -0.25) is 4.79 Å². The first-order chi connectivity index (χ1) is 14.0. The fraction of sp³-hybridized carbons (Fsp3) is 0.261. The van der Waals surface area contributed by atoms with Crippen LogP contribution in [0.1, 0.15) is 35.0 Å². The number of hydrogen-bond donors (Lipinski definition) is 2. The third-order valence-corrected chi connectivity index (χ3v) is 5.00. The molecule has 0 spiro atoms. The van der Waals surface area contributed by atoms with Gasteiger partial charge in [0, 0.05) is 17.8 Å². The van der Waals surface area contributed by atoms with E-state index in [9.17, 15) is 4.79 Å². The lowest BCUT2D eigenvalue weighted by Gasteiger charge is -2.23. The molecule has 1 heterocycles. The highest BCUT2D eigenvalue weighted by atomic mass is 16.5. The summed E-state index contributed by atoms with van der Waals surface area (Å²) in [5.74, 6) is 2.13. The number of hydrogen-bond acceptors (Lipinski definition) is 6. The molecule has 3 aromatic rings. The highest BCUT2D eigenvalue weighted by Crippen LogP contribution is 2.32. The van der Waals surface area contributed by atoms with Crippen molar-refractivity contribution in [2.24, 2.45) is 5.92 Å². The summed E-state index contributed by atoms with van der Waals surface area (Å²) in [5, 5.41) is 6.56. The van der Waals surface area contributed by atoms with E-state index in [4.69, 9.17) is 4.74 Å². The SMILES string of the molecule is COc1ccc(Nc2nc(Nc3ccc(C)cc3)nc3c2C(=O)CC(C)C3)cc1. The van der Waals surface area contributed by atoms with E-state index in [2.05, 4.69) is 27.5 Å². The van der Waals surface area contributed by atoms with Gasteiger partial charge in [0.1, 0.15) is 11.6 Å². The number of Topliss-reactive ketones (excluding diaryl/α,β-unsaturated/α-hetero) is 1. The average molecular weight is 388 g/mol. The molecule has 29 heavy (non-hydrogen) atoms. The van der Waals surface area contributed by atoms with Crippen LogP contribution in [-0.4, -0.2) is 22.9 Å². The van der Waals surface area contributed by atoms with Gasteiger partial charge in [-0.1, -0.05) is 24.6 Å². The van der Waals surface area contributed by atoms with E-state index in [-0.39, 0.29) is 11.7 Å². The number of aromatic nitrogens is 2. The molecule has 0 saturated carbocycles. The molecule has 0 aliphatic heterocycles. The van der Waals surface area contributed by atoms with Crippen LogP contribution in [0.5, 0.6) is 5.75 Å². The smallest absolute Gasteiger partial charge is 0.229 e. The zero-order valence-corrected chi connectivity index (χ0v) is 16.8. The van der Waals surface area contributed by atoms with Crippen molar-refractivity contribution in [2.75, 3.05) is 17.7 Å². The van der Waals surface area contributed by atoms with Gasteiger partial charge in [0.15, 0.2) is 5.78 Å². The Kier molecular flexibility index (Phi) is 5.16. The maximum Gasteiger partial charge on any atom is 0.229 e. The molecule has 2 N–H and O–H groups in total. The monoisotopic (exact) mass is 388 g/mol. The van der Waals surface area contributed by atoms with E-state index in [0.29, 0.717) is 23.8 Å². The van der Waals surface area contributed by atoms with Crippen LogP contribution in [0, 0.1) is 12.8 Å². The summed E-state index contributed by atoms with van der Waals surface area (Å²) >= 11 is 0. The lowest BCUT2D eigenvalue weighted by molar-refractivity contribution is 0.0953. The van der Waals surface area contributed by atoms with Gasteiger partial charge in [0.05, 0.1) is 18.4 Å². The second-order valence-electron chi connectivity index (χ2n) is 7.50. The van der Waals surface area contributed by atoms with Crippen LogP contribution >= 0.6 is 0 Å². The third-order valence-electron chi connectivity index (χ3n) is 5.00. The minimum atomic E-state index is 0.0802. The fourth-order valence-corrected chi connectivity index (χ4v) is 3.49. The molecule has 4 rings (SSSR count). The average Bonchev–Trinajstić information content (AvgIpc) is 2.69. The Bertz CT molecular complexity index is 1030. The fourth-order valence-electron chi connectivity index (χ4n) is 3.49. The molecule has 1 aliphatic carbocycles. The first kappa shape index (κ1) is 18.9. The maximum atomic E-state index is 12.8. The first-order valence-electron chi connectivity index (χ1n) is 9.70. The molecule has 1 aliphatic rings. The Morgan fingerprint density at radius 3 is 2.28 bits per heavy atom. The molecule has 1 aromatic heterocycles. The molecule has 0 amide bonds. The van der Waals surface area contributed by atoms with Crippen molar-refractivity contribution < 1.29 is 9.53 Å². The molecule has 2 aromatic carbocycles. The second kappa shape index (κ2) is 7.91. The van der Waals surface area contributed by atoms with E-state index >= 15 is 0 Å². The summed E-state index contributed by atoms with van der Waals surface area (Å²) in [6.45, 7) is 4.12. The number of nitrogens with zero attached hydrogens (tertiary/aromatic N) is 2. The third kappa shape index (κ3) is 4.21. The summed E-state index contributed by atoms with van der Waals surface area (Å²) in [6.07, 6.45) is 1.27. The topological polar surface area (TPSA) is 76.1 Å². The van der Waals surface area contributed by atoms with Crippen LogP contribution in [0.25, 0.3) is 0 Å². The van der Waals surface area contributed by atoms with E-state index < -0.39 is 0 Å². The molecule has 148 valence electrons. The summed E-state index contributed by atoms with van der Waals surface area (Å²) in [4.78, 5) is 22.0. The van der Waals surface area contributed by atoms with Crippen LogP contribution in [0.4, 0.5) is 23.1 Å². The van der Waals surface area contributed by atoms with E-state index in [0.717, 1.165) is 29.2 Å². The Morgan fingerprint density at radius 1 is 0.931 bits per heavy atom. The summed E-state index contributed by atoms with van der Waals surface area (Å²) in [5.41, 5.74) is 4.30. The molecule has 0 bridgehead atoms. The van der Waals surface area contributed by atoms with Crippen LogP contribution in [-0.2, 0) is 6.42 Å². The van der Waals surface area contributed by atoms with Gasteiger partial charge in [-0.15, -0.1) is 0 Å². The number of carbonyl (C=O) groups is 1. The molecule has 6 heteroatoms. The number of benzene rings is 2. The van der Waals surface area contributed by atoms with Crippen LogP contribution in [0.2, 0.25) is 0 Å². The van der Waals surface area contributed by atoms with E-state index in [1.807, 2.05) is 55.5 Å². The minimum Gasteiger partial charge on any atom is -0.497 e. The first-order valence-corrected chi connectivity index (χ1v) is 9.70. The largest absolute Gasteiger partial charge is 0.497 e. The molecule has 0 saturated heterocycles. The van der Waals surface area contributed by atoms with Gasteiger partial charge >= 0.3 is 0 Å². The van der Waals surface area contributed by atoms with Crippen molar-refractivity contribution in [1.29, 1.82) is 0 Å². The zero-order valence-electron chi connectivity index (χ0n) is 16.8. The maximum absolute atomic E-state index is 12.8. The predicted molar refractivity (Wildman–Crippen MR) is 115 cm³/mol. The Morgan fingerprint density at radius 2 is 1.59 bits per heavy atom. The van der Waals surface area contributed by atoms with Crippen LogP contribution in [0.3, 0.4) is 0 Å². The van der Waals surface area contributed by atoms with Gasteiger partial charge in [-0.25, -0.2) is 4.98 Å². The number of nitrogens with one attached hydrogen (secondary N) is 2. The molecule has 0 fully saturated rings. The van der Waals surface area contributed by atoms with Crippen molar-refractivity contribution in [3.05, 3.63) is 65.4 Å². The number of aryl methyl sites for hydroxylation is 1. The Labute approximate surface area is 170 Å². The second-order valence-corrected chi connectivity index (χ2v) is 7.50. The van der Waals surface area contributed by atoms with Gasteiger partial charge < -0.3 is 15.4 Å². The highest BCUT2D eigenvalue weighted by Gasteiger charge is 2.28. The Balaban J connectivity index is 1.71. The van der Waals surface area contributed by atoms with Crippen molar-refractivity contribution in [1.82, 2.24) is 9.97 Å². The van der Waals surface area contributed by atoms with Gasteiger partial charge in [-0.2, -0.15) is 4.98 Å². The summed E-state index contributed by atoms with van der Waals surface area (Å²) < 4.78 is 5.22. The van der Waals surface area contributed by atoms with Crippen molar-refractivity contribution >= 4 is 28.9 Å². The van der Waals surface area contributed by atoms with E-state index in [1.165, 1.54) is 5.56 Å². The Hall–Kier alpha value is -3.41. The van der Waals surface area contributed by atoms with E-state index in [1.54, 1.807) is 7.11 Å². The number of anilines is 4. The molecule has 6 nitrogen and oxygen atoms in total. The molecular weight excluding hydrogens is 364 g/mol. The molecular formula is C23H24N4O2. The predicted octanol–water partition coefficient (Wildman–Crippen LogP) is 5.05. The minimum absolute atomic E-state index is 0.0802. The number of methoxy groups -OCH3 is 1. The highest BCUT2D eigenvalue weighted by molar-refractivity contribution is 6.03. The summed E-state index contributed by atoms with van der Waals surface area (Å²) in [7, 11) is 1.63. The van der Waals surface area contributed by atoms with Crippen molar-refractivity contribution in [2.45, 2.75) is 26.7 Å². The number of fused-ring (bicyclic) bond motifs is 1. The number of carbonyl (C=O) groups excluding carboxylic acids is 1. The lowest BCUT2D eigenvalue weighted by Crippen LogP contribution is -2.22. The molecule has 0 radical (unpaired) electrons.